The molecule has 0 aliphatic carbocycles. The van der Waals surface area contributed by atoms with Crippen LogP contribution in [0.3, 0.4) is 0 Å². The summed E-state index contributed by atoms with van der Waals surface area (Å²) < 4.78 is 10.8. The van der Waals surface area contributed by atoms with Crippen LogP contribution < -0.4 is 14.8 Å². The van der Waals surface area contributed by atoms with E-state index >= 15 is 0 Å². The first-order chi connectivity index (χ1) is 10.8. The van der Waals surface area contributed by atoms with Crippen LogP contribution in [0.25, 0.3) is 0 Å². The van der Waals surface area contributed by atoms with Gasteiger partial charge >= 0.3 is 0 Å². The number of aromatic amines is 1. The van der Waals surface area contributed by atoms with Crippen LogP contribution in [0.5, 0.6) is 11.5 Å². The van der Waals surface area contributed by atoms with Crippen molar-refractivity contribution in [1.82, 2.24) is 20.6 Å². The predicted octanol–water partition coefficient (Wildman–Crippen LogP) is 2.91. The summed E-state index contributed by atoms with van der Waals surface area (Å²) in [5.41, 5.74) is 0. The van der Waals surface area contributed by atoms with Crippen molar-refractivity contribution in [1.29, 1.82) is 0 Å². The summed E-state index contributed by atoms with van der Waals surface area (Å²) in [5.74, 6) is 2.03. The fraction of sp³-hybridized carbons (Fsp3) is 0.500. The summed E-state index contributed by atoms with van der Waals surface area (Å²) in [7, 11) is 1.61. The number of aromatic nitrogens is 4. The molecule has 0 atom stereocenters. The van der Waals surface area contributed by atoms with E-state index in [0.717, 1.165) is 38.0 Å². The number of anilines is 1. The third kappa shape index (κ3) is 5.40. The second kappa shape index (κ2) is 9.09. The van der Waals surface area contributed by atoms with Gasteiger partial charge in [0.05, 0.1) is 18.7 Å². The van der Waals surface area contributed by atoms with Crippen LogP contribution >= 0.6 is 11.6 Å². The summed E-state index contributed by atoms with van der Waals surface area (Å²) in [4.78, 5) is 0. The fourth-order valence-electron chi connectivity index (χ4n) is 1.93. The summed E-state index contributed by atoms with van der Waals surface area (Å²) in [6.45, 7) is 1.51. The summed E-state index contributed by atoms with van der Waals surface area (Å²) >= 11 is 6.11. The van der Waals surface area contributed by atoms with Crippen molar-refractivity contribution in [3.63, 3.8) is 0 Å². The first-order valence-electron chi connectivity index (χ1n) is 7.23. The molecule has 120 valence electrons. The highest BCUT2D eigenvalue weighted by molar-refractivity contribution is 6.32. The Balaban J connectivity index is 1.52. The average molecular weight is 326 g/mol. The molecule has 1 aromatic heterocycles. The number of tetrazole rings is 1. The quantitative estimate of drug-likeness (QED) is 0.653. The second-order valence-electron chi connectivity index (χ2n) is 4.74. The van der Waals surface area contributed by atoms with Gasteiger partial charge < -0.3 is 14.8 Å². The molecule has 1 aromatic carbocycles. The van der Waals surface area contributed by atoms with E-state index in [4.69, 9.17) is 21.1 Å². The van der Waals surface area contributed by atoms with Gasteiger partial charge in [-0.25, -0.2) is 5.10 Å². The second-order valence-corrected chi connectivity index (χ2v) is 5.14. The van der Waals surface area contributed by atoms with Crippen molar-refractivity contribution in [3.8, 4) is 11.5 Å². The van der Waals surface area contributed by atoms with Crippen LogP contribution in [0.4, 0.5) is 5.95 Å². The number of hydrogen-bond acceptors (Lipinski definition) is 6. The van der Waals surface area contributed by atoms with E-state index in [1.807, 2.05) is 12.1 Å². The predicted molar refractivity (Wildman–Crippen MR) is 84.6 cm³/mol. The molecule has 2 rings (SSSR count). The molecule has 0 radical (unpaired) electrons. The number of halogens is 1. The van der Waals surface area contributed by atoms with Gasteiger partial charge in [-0.15, -0.1) is 0 Å². The van der Waals surface area contributed by atoms with Crippen molar-refractivity contribution in [2.75, 3.05) is 25.6 Å². The molecule has 22 heavy (non-hydrogen) atoms. The van der Waals surface area contributed by atoms with E-state index in [1.54, 1.807) is 13.2 Å². The molecule has 7 nitrogen and oxygen atoms in total. The molecular formula is C14H20ClN5O2. The van der Waals surface area contributed by atoms with Gasteiger partial charge in [0.1, 0.15) is 11.5 Å². The van der Waals surface area contributed by atoms with Gasteiger partial charge in [-0.3, -0.25) is 0 Å². The summed E-state index contributed by atoms with van der Waals surface area (Å²) in [5, 5.41) is 17.1. The third-order valence-corrected chi connectivity index (χ3v) is 3.40. The number of unbranched alkanes of at least 4 members (excludes halogenated alkanes) is 3. The molecule has 0 saturated heterocycles. The molecule has 0 spiro atoms. The fourth-order valence-corrected chi connectivity index (χ4v) is 2.15. The van der Waals surface area contributed by atoms with E-state index < -0.39 is 0 Å². The number of methoxy groups -OCH3 is 1. The minimum absolute atomic E-state index is 0.573. The molecule has 0 saturated carbocycles. The molecule has 0 bridgehead atoms. The van der Waals surface area contributed by atoms with Crippen LogP contribution in [-0.2, 0) is 0 Å². The number of rotatable bonds is 10. The third-order valence-electron chi connectivity index (χ3n) is 3.11. The average Bonchev–Trinajstić information content (AvgIpc) is 3.04. The zero-order valence-electron chi connectivity index (χ0n) is 12.5. The van der Waals surface area contributed by atoms with Crippen LogP contribution in [0.1, 0.15) is 25.7 Å². The zero-order chi connectivity index (χ0) is 15.6. The molecule has 2 aromatic rings. The summed E-state index contributed by atoms with van der Waals surface area (Å²) in [6, 6.07) is 5.42. The highest BCUT2D eigenvalue weighted by Crippen LogP contribution is 2.28. The van der Waals surface area contributed by atoms with Crippen molar-refractivity contribution < 1.29 is 9.47 Å². The van der Waals surface area contributed by atoms with Gasteiger partial charge in [-0.05, 0) is 35.4 Å². The largest absolute Gasteiger partial charge is 0.497 e. The Hall–Kier alpha value is -2.02. The number of nitrogens with one attached hydrogen (secondary N) is 2. The van der Waals surface area contributed by atoms with Crippen LogP contribution in [-0.4, -0.2) is 40.9 Å². The Morgan fingerprint density at radius 2 is 2.09 bits per heavy atom. The Bertz CT molecular complexity index is 550. The van der Waals surface area contributed by atoms with Crippen molar-refractivity contribution in [3.05, 3.63) is 23.2 Å². The maximum absolute atomic E-state index is 6.11. The van der Waals surface area contributed by atoms with Gasteiger partial charge in [-0.2, -0.15) is 0 Å². The van der Waals surface area contributed by atoms with Crippen molar-refractivity contribution >= 4 is 17.5 Å². The standard InChI is InChI=1S/C14H20ClN5O2/c1-21-11-6-7-13(12(15)10-11)22-9-5-3-2-4-8-16-14-17-19-20-18-14/h6-7,10H,2-5,8-9H2,1H3,(H2,16,17,18,19,20). The Labute approximate surface area is 134 Å². The Morgan fingerprint density at radius 3 is 2.82 bits per heavy atom. The number of nitrogens with zero attached hydrogens (tertiary/aromatic N) is 3. The summed E-state index contributed by atoms with van der Waals surface area (Å²) in [6.07, 6.45) is 4.27. The monoisotopic (exact) mass is 325 g/mol. The highest BCUT2D eigenvalue weighted by Gasteiger charge is 2.03. The molecule has 0 aliphatic rings. The van der Waals surface area contributed by atoms with Gasteiger partial charge in [0.2, 0.25) is 5.95 Å². The van der Waals surface area contributed by atoms with Crippen molar-refractivity contribution in [2.24, 2.45) is 0 Å². The van der Waals surface area contributed by atoms with E-state index in [9.17, 15) is 0 Å². The zero-order valence-corrected chi connectivity index (χ0v) is 13.3. The van der Waals surface area contributed by atoms with E-state index in [0.29, 0.717) is 23.3 Å². The highest BCUT2D eigenvalue weighted by atomic mass is 35.5. The number of ether oxygens (including phenoxy) is 2. The minimum atomic E-state index is 0.573. The molecule has 1 heterocycles. The maximum atomic E-state index is 6.11. The SMILES string of the molecule is COc1ccc(OCCCCCCNc2nnn[nH]2)c(Cl)c1. The minimum Gasteiger partial charge on any atom is -0.497 e. The molecule has 0 aliphatic heterocycles. The first-order valence-corrected chi connectivity index (χ1v) is 7.61. The van der Waals surface area contributed by atoms with E-state index in [-0.39, 0.29) is 0 Å². The number of H-pyrrole nitrogens is 1. The molecule has 0 unspecified atom stereocenters. The van der Waals surface area contributed by atoms with Gasteiger partial charge in [0, 0.05) is 12.6 Å². The molecule has 2 N–H and O–H groups in total. The van der Waals surface area contributed by atoms with Gasteiger partial charge in [-0.1, -0.05) is 29.5 Å². The molecule has 0 fully saturated rings. The molecule has 8 heteroatoms. The molecule has 0 amide bonds. The lowest BCUT2D eigenvalue weighted by Crippen LogP contribution is -2.03. The van der Waals surface area contributed by atoms with Crippen LogP contribution in [0, 0.1) is 0 Å². The first kappa shape index (κ1) is 16.4. The lowest BCUT2D eigenvalue weighted by atomic mass is 10.2. The van der Waals surface area contributed by atoms with Crippen LogP contribution in [0.15, 0.2) is 18.2 Å². The lowest BCUT2D eigenvalue weighted by Gasteiger charge is -2.09. The number of benzene rings is 1. The van der Waals surface area contributed by atoms with Crippen LogP contribution in [0.2, 0.25) is 5.02 Å². The van der Waals surface area contributed by atoms with E-state index in [2.05, 4.69) is 25.9 Å². The molecular weight excluding hydrogens is 306 g/mol. The topological polar surface area (TPSA) is 84.9 Å². The van der Waals surface area contributed by atoms with Gasteiger partial charge in [0.25, 0.3) is 0 Å². The van der Waals surface area contributed by atoms with E-state index in [1.165, 1.54) is 0 Å². The maximum Gasteiger partial charge on any atom is 0.240 e. The van der Waals surface area contributed by atoms with Gasteiger partial charge in [0.15, 0.2) is 0 Å². The number of hydrogen-bond donors (Lipinski definition) is 2. The van der Waals surface area contributed by atoms with Crippen molar-refractivity contribution in [2.45, 2.75) is 25.7 Å². The smallest absolute Gasteiger partial charge is 0.240 e. The Kier molecular flexibility index (Phi) is 6.76. The normalized spacial score (nSPS) is 10.5. The Morgan fingerprint density at radius 1 is 1.23 bits per heavy atom. The lowest BCUT2D eigenvalue weighted by molar-refractivity contribution is 0.304.